The summed E-state index contributed by atoms with van der Waals surface area (Å²) in [7, 11) is 0. The van der Waals surface area contributed by atoms with Crippen molar-refractivity contribution in [3.8, 4) is 0 Å². The van der Waals surface area contributed by atoms with Crippen molar-refractivity contribution >= 4 is 0 Å². The molecule has 0 aromatic rings. The first-order valence-electron chi connectivity index (χ1n) is 5.56. The maximum Gasteiger partial charge on any atom is 0.0701 e. The number of rotatable bonds is 3. The van der Waals surface area contributed by atoms with Crippen LogP contribution in [0.1, 0.15) is 38.5 Å². The summed E-state index contributed by atoms with van der Waals surface area (Å²) in [6.45, 7) is 0.724. The van der Waals surface area contributed by atoms with Crippen LogP contribution in [0, 0.1) is 10.8 Å². The van der Waals surface area contributed by atoms with Crippen LogP contribution in [-0.2, 0) is 4.74 Å². The van der Waals surface area contributed by atoms with Crippen molar-refractivity contribution in [3.63, 3.8) is 0 Å². The van der Waals surface area contributed by atoms with Crippen molar-refractivity contribution in [1.29, 1.82) is 0 Å². The summed E-state index contributed by atoms with van der Waals surface area (Å²) in [5, 5.41) is 8.72. The Morgan fingerprint density at radius 1 is 1.15 bits per heavy atom. The Labute approximate surface area is 79.3 Å². The van der Waals surface area contributed by atoms with E-state index in [9.17, 15) is 0 Å². The molecule has 2 spiro atoms. The van der Waals surface area contributed by atoms with E-state index in [1.807, 2.05) is 0 Å². The highest BCUT2D eigenvalue weighted by atomic mass is 16.5. The first-order chi connectivity index (χ1) is 6.33. The normalized spacial score (nSPS) is 44.5. The Morgan fingerprint density at radius 3 is 2.31 bits per heavy atom. The number of aliphatic hydroxyl groups excluding tert-OH is 1. The summed E-state index contributed by atoms with van der Waals surface area (Å²) in [5.41, 5.74) is 1.31. The predicted molar refractivity (Wildman–Crippen MR) is 49.4 cm³/mol. The van der Waals surface area contributed by atoms with E-state index in [0.717, 1.165) is 5.41 Å². The van der Waals surface area contributed by atoms with E-state index >= 15 is 0 Å². The van der Waals surface area contributed by atoms with Crippen LogP contribution in [0.5, 0.6) is 0 Å². The summed E-state index contributed by atoms with van der Waals surface area (Å²) in [6, 6.07) is 0. The molecule has 2 atom stereocenters. The minimum atomic E-state index is 0.180. The van der Waals surface area contributed by atoms with Gasteiger partial charge in [-0.25, -0.2) is 0 Å². The molecule has 2 heteroatoms. The van der Waals surface area contributed by atoms with Gasteiger partial charge in [0.2, 0.25) is 0 Å². The quantitative estimate of drug-likeness (QED) is 0.720. The Morgan fingerprint density at radius 2 is 1.92 bits per heavy atom. The molecule has 13 heavy (non-hydrogen) atoms. The highest BCUT2D eigenvalue weighted by Crippen LogP contribution is 2.78. The number of ether oxygens (including phenoxy) is 1. The van der Waals surface area contributed by atoms with Crippen molar-refractivity contribution in [3.05, 3.63) is 0 Å². The van der Waals surface area contributed by atoms with Crippen molar-refractivity contribution in [2.45, 2.75) is 44.6 Å². The molecule has 3 rings (SSSR count). The maximum atomic E-state index is 8.72. The van der Waals surface area contributed by atoms with Crippen LogP contribution in [0.4, 0.5) is 0 Å². The lowest BCUT2D eigenvalue weighted by molar-refractivity contribution is -0.202. The van der Waals surface area contributed by atoms with Crippen LogP contribution in [0.3, 0.4) is 0 Å². The van der Waals surface area contributed by atoms with Crippen LogP contribution in [-0.4, -0.2) is 24.4 Å². The molecule has 3 aliphatic carbocycles. The molecule has 0 aromatic heterocycles. The third-order valence-electron chi connectivity index (χ3n) is 4.84. The van der Waals surface area contributed by atoms with Crippen molar-refractivity contribution in [1.82, 2.24) is 0 Å². The molecular weight excluding hydrogens is 164 g/mol. The van der Waals surface area contributed by atoms with E-state index in [1.54, 1.807) is 0 Å². The highest BCUT2D eigenvalue weighted by molar-refractivity contribution is 5.21. The second kappa shape index (κ2) is 2.48. The Bertz CT molecular complexity index is 218. The monoisotopic (exact) mass is 182 g/mol. The Balaban J connectivity index is 1.65. The molecule has 2 nitrogen and oxygen atoms in total. The topological polar surface area (TPSA) is 29.5 Å². The van der Waals surface area contributed by atoms with Gasteiger partial charge in [0.1, 0.15) is 0 Å². The Kier molecular flexibility index (Phi) is 1.58. The fraction of sp³-hybridized carbons (Fsp3) is 1.00. The van der Waals surface area contributed by atoms with E-state index in [1.165, 1.54) is 38.5 Å². The van der Waals surface area contributed by atoms with Crippen molar-refractivity contribution in [2.75, 3.05) is 13.2 Å². The molecule has 0 saturated heterocycles. The number of fused-ring (bicyclic) bond motifs is 1. The second-order valence-electron chi connectivity index (χ2n) is 5.06. The number of aliphatic hydroxyl groups is 1. The molecule has 0 radical (unpaired) electrons. The van der Waals surface area contributed by atoms with Gasteiger partial charge in [0.15, 0.2) is 0 Å². The van der Waals surface area contributed by atoms with Crippen LogP contribution >= 0.6 is 0 Å². The largest absolute Gasteiger partial charge is 0.394 e. The van der Waals surface area contributed by atoms with E-state index in [0.29, 0.717) is 18.1 Å². The second-order valence-corrected chi connectivity index (χ2v) is 5.06. The van der Waals surface area contributed by atoms with Crippen molar-refractivity contribution < 1.29 is 9.84 Å². The van der Waals surface area contributed by atoms with Gasteiger partial charge < -0.3 is 9.84 Å². The van der Waals surface area contributed by atoms with Gasteiger partial charge in [-0.15, -0.1) is 0 Å². The minimum absolute atomic E-state index is 0.180. The van der Waals surface area contributed by atoms with E-state index in [-0.39, 0.29) is 6.61 Å². The average molecular weight is 182 g/mol. The van der Waals surface area contributed by atoms with E-state index in [2.05, 4.69) is 0 Å². The fourth-order valence-electron chi connectivity index (χ4n) is 3.64. The zero-order chi connectivity index (χ0) is 8.94. The van der Waals surface area contributed by atoms with Gasteiger partial charge in [-0.3, -0.25) is 0 Å². The molecule has 0 unspecified atom stereocenters. The van der Waals surface area contributed by atoms with Crippen LogP contribution in [0.25, 0.3) is 0 Å². The lowest BCUT2D eigenvalue weighted by Gasteiger charge is -2.62. The summed E-state index contributed by atoms with van der Waals surface area (Å²) in [4.78, 5) is 0. The molecule has 1 N–H and O–H groups in total. The molecule has 0 aliphatic heterocycles. The standard InChI is InChI=1S/C11H18O2/c12-7-8-13-9-1-2-11(9)6-5-10(11)3-4-10/h9,12H,1-8H2/t9-,11+/m0/s1. The summed E-state index contributed by atoms with van der Waals surface area (Å²) in [6.07, 6.45) is 8.87. The SMILES string of the molecule is OCCO[C@H]1CC[C@@]12CCC21CC1. The highest BCUT2D eigenvalue weighted by Gasteiger charge is 2.71. The van der Waals surface area contributed by atoms with Gasteiger partial charge in [-0.2, -0.15) is 0 Å². The first kappa shape index (κ1) is 8.25. The van der Waals surface area contributed by atoms with Gasteiger partial charge in [0.05, 0.1) is 19.3 Å². The van der Waals surface area contributed by atoms with Gasteiger partial charge in [-0.05, 0) is 43.9 Å². The molecule has 3 saturated carbocycles. The molecule has 0 heterocycles. The summed E-state index contributed by atoms with van der Waals surface area (Å²) >= 11 is 0. The van der Waals surface area contributed by atoms with Crippen LogP contribution in [0.2, 0.25) is 0 Å². The summed E-state index contributed by atoms with van der Waals surface area (Å²) < 4.78 is 5.71. The average Bonchev–Trinajstić information content (AvgIpc) is 2.82. The maximum absolute atomic E-state index is 8.72. The third-order valence-corrected chi connectivity index (χ3v) is 4.84. The van der Waals surface area contributed by atoms with Crippen molar-refractivity contribution in [2.24, 2.45) is 10.8 Å². The van der Waals surface area contributed by atoms with Gasteiger partial charge in [0, 0.05) is 5.41 Å². The molecule has 74 valence electrons. The first-order valence-corrected chi connectivity index (χ1v) is 5.56. The zero-order valence-corrected chi connectivity index (χ0v) is 8.09. The van der Waals surface area contributed by atoms with Gasteiger partial charge in [-0.1, -0.05) is 0 Å². The number of hydrogen-bond donors (Lipinski definition) is 1. The smallest absolute Gasteiger partial charge is 0.0701 e. The lowest BCUT2D eigenvalue weighted by Crippen LogP contribution is -2.58. The van der Waals surface area contributed by atoms with Gasteiger partial charge in [0.25, 0.3) is 0 Å². The molecule has 0 aromatic carbocycles. The predicted octanol–water partition coefficient (Wildman–Crippen LogP) is 1.72. The van der Waals surface area contributed by atoms with Gasteiger partial charge >= 0.3 is 0 Å². The number of hydrogen-bond acceptors (Lipinski definition) is 2. The molecule has 3 aliphatic rings. The molecule has 3 fully saturated rings. The lowest BCUT2D eigenvalue weighted by atomic mass is 9.46. The molecule has 0 amide bonds. The Hall–Kier alpha value is -0.0800. The summed E-state index contributed by atoms with van der Waals surface area (Å²) in [5.74, 6) is 0. The fourth-order valence-corrected chi connectivity index (χ4v) is 3.64. The van der Waals surface area contributed by atoms with Crippen LogP contribution < -0.4 is 0 Å². The third kappa shape index (κ3) is 0.861. The van der Waals surface area contributed by atoms with Crippen LogP contribution in [0.15, 0.2) is 0 Å². The minimum Gasteiger partial charge on any atom is -0.394 e. The molecular formula is C11H18O2. The van der Waals surface area contributed by atoms with E-state index in [4.69, 9.17) is 9.84 Å². The van der Waals surface area contributed by atoms with E-state index < -0.39 is 0 Å². The molecule has 0 bridgehead atoms. The zero-order valence-electron chi connectivity index (χ0n) is 8.09.